The van der Waals surface area contributed by atoms with E-state index < -0.39 is 0 Å². The first-order valence-electron chi connectivity index (χ1n) is 6.37. The van der Waals surface area contributed by atoms with Crippen molar-refractivity contribution >= 4 is 34.2 Å². The van der Waals surface area contributed by atoms with Crippen LogP contribution in [0.2, 0.25) is 0 Å². The smallest absolute Gasteiger partial charge is 0.267 e. The van der Waals surface area contributed by atoms with Gasteiger partial charge in [0.25, 0.3) is 5.91 Å². The minimum Gasteiger partial charge on any atom is -0.267 e. The predicted octanol–water partition coefficient (Wildman–Crippen LogP) is 3.20. The third kappa shape index (κ3) is 2.91. The molecule has 3 nitrogen and oxygen atoms in total. The first-order valence-corrected chi connectivity index (χ1v) is 7.45. The molecular weight excluding hydrogens is 339 g/mol. The Morgan fingerprint density at radius 2 is 1.89 bits per heavy atom. The molecule has 18 heavy (non-hydrogen) atoms. The van der Waals surface area contributed by atoms with Crippen molar-refractivity contribution in [2.45, 2.75) is 25.7 Å². The standard InChI is InChI=1S/C14H15IN2O/c15-12-3-1-2-11(8-12)14(18)17-16-13(9-4-5-9)10-6-7-10/h1-3,8-10H,4-7H2,(H,17,18). The van der Waals surface area contributed by atoms with E-state index in [0.717, 1.165) is 3.57 Å². The molecule has 94 valence electrons. The van der Waals surface area contributed by atoms with Crippen LogP contribution in [0, 0.1) is 15.4 Å². The van der Waals surface area contributed by atoms with Gasteiger partial charge >= 0.3 is 0 Å². The highest BCUT2D eigenvalue weighted by Crippen LogP contribution is 2.41. The van der Waals surface area contributed by atoms with Gasteiger partial charge in [-0.25, -0.2) is 5.43 Å². The molecule has 2 saturated carbocycles. The number of amides is 1. The molecule has 2 fully saturated rings. The fraction of sp³-hybridized carbons (Fsp3) is 0.429. The van der Waals surface area contributed by atoms with Crippen LogP contribution in [-0.4, -0.2) is 11.6 Å². The lowest BCUT2D eigenvalue weighted by molar-refractivity contribution is 0.0954. The number of rotatable bonds is 4. The van der Waals surface area contributed by atoms with Crippen molar-refractivity contribution in [3.05, 3.63) is 33.4 Å². The maximum Gasteiger partial charge on any atom is 0.271 e. The lowest BCUT2D eigenvalue weighted by Crippen LogP contribution is -2.21. The Morgan fingerprint density at radius 3 is 2.44 bits per heavy atom. The molecule has 0 heterocycles. The number of carbonyl (C=O) groups excluding carboxylic acids is 1. The van der Waals surface area contributed by atoms with Crippen LogP contribution in [0.15, 0.2) is 29.4 Å². The van der Waals surface area contributed by atoms with Crippen molar-refractivity contribution in [2.75, 3.05) is 0 Å². The minimum atomic E-state index is -0.104. The summed E-state index contributed by atoms with van der Waals surface area (Å²) in [5.74, 6) is 1.19. The maximum atomic E-state index is 12.0. The van der Waals surface area contributed by atoms with Crippen molar-refractivity contribution in [2.24, 2.45) is 16.9 Å². The Hall–Kier alpha value is -0.910. The third-order valence-electron chi connectivity index (χ3n) is 3.36. The molecule has 0 unspecified atom stereocenters. The quantitative estimate of drug-likeness (QED) is 0.504. The van der Waals surface area contributed by atoms with Crippen LogP contribution in [0.1, 0.15) is 36.0 Å². The summed E-state index contributed by atoms with van der Waals surface area (Å²) in [7, 11) is 0. The first-order chi connectivity index (χ1) is 8.74. The summed E-state index contributed by atoms with van der Waals surface area (Å²) in [5.41, 5.74) is 4.62. The van der Waals surface area contributed by atoms with Gasteiger partial charge in [-0.3, -0.25) is 4.79 Å². The summed E-state index contributed by atoms with van der Waals surface area (Å²) in [4.78, 5) is 12.0. The van der Waals surface area contributed by atoms with E-state index in [-0.39, 0.29) is 5.91 Å². The SMILES string of the molecule is O=C(NN=C(C1CC1)C1CC1)c1cccc(I)c1. The molecule has 2 aliphatic rings. The monoisotopic (exact) mass is 354 g/mol. The average Bonchev–Trinajstić information content (AvgIpc) is 3.23. The number of benzene rings is 1. The molecule has 0 spiro atoms. The maximum absolute atomic E-state index is 12.0. The highest BCUT2D eigenvalue weighted by molar-refractivity contribution is 14.1. The van der Waals surface area contributed by atoms with Crippen molar-refractivity contribution in [3.8, 4) is 0 Å². The van der Waals surface area contributed by atoms with Crippen molar-refractivity contribution in [1.82, 2.24) is 5.43 Å². The zero-order chi connectivity index (χ0) is 12.5. The number of carbonyl (C=O) groups is 1. The highest BCUT2D eigenvalue weighted by atomic mass is 127. The molecule has 3 rings (SSSR count). The van der Waals surface area contributed by atoms with Gasteiger partial charge in [-0.15, -0.1) is 0 Å². The predicted molar refractivity (Wildman–Crippen MR) is 79.5 cm³/mol. The summed E-state index contributed by atoms with van der Waals surface area (Å²) in [6.45, 7) is 0. The number of nitrogens with zero attached hydrogens (tertiary/aromatic N) is 1. The Bertz CT molecular complexity index is 490. The molecular formula is C14H15IN2O. The second-order valence-electron chi connectivity index (χ2n) is 5.04. The van der Waals surface area contributed by atoms with Crippen LogP contribution in [0.25, 0.3) is 0 Å². The average molecular weight is 354 g/mol. The number of halogens is 1. The largest absolute Gasteiger partial charge is 0.271 e. The molecule has 1 amide bonds. The zero-order valence-electron chi connectivity index (χ0n) is 10.0. The molecule has 0 bridgehead atoms. The van der Waals surface area contributed by atoms with Crippen LogP contribution < -0.4 is 5.43 Å². The molecule has 0 radical (unpaired) electrons. The van der Waals surface area contributed by atoms with Gasteiger partial charge in [-0.05, 0) is 78.3 Å². The van der Waals surface area contributed by atoms with E-state index in [9.17, 15) is 4.79 Å². The Labute approximate surface area is 120 Å². The first kappa shape index (κ1) is 12.1. The fourth-order valence-corrected chi connectivity index (χ4v) is 2.63. The van der Waals surface area contributed by atoms with Gasteiger partial charge in [0.15, 0.2) is 0 Å². The fourth-order valence-electron chi connectivity index (χ4n) is 2.08. The number of hydrogen-bond donors (Lipinski definition) is 1. The molecule has 0 aliphatic heterocycles. The molecule has 1 aromatic carbocycles. The van der Waals surface area contributed by atoms with Crippen LogP contribution in [0.3, 0.4) is 0 Å². The van der Waals surface area contributed by atoms with E-state index >= 15 is 0 Å². The van der Waals surface area contributed by atoms with E-state index in [0.29, 0.717) is 17.4 Å². The number of hydrogen-bond acceptors (Lipinski definition) is 2. The molecule has 1 aromatic rings. The van der Waals surface area contributed by atoms with Crippen LogP contribution in [-0.2, 0) is 0 Å². The van der Waals surface area contributed by atoms with E-state index in [1.54, 1.807) is 0 Å². The van der Waals surface area contributed by atoms with Gasteiger partial charge in [-0.1, -0.05) is 6.07 Å². The normalized spacial score (nSPS) is 18.3. The summed E-state index contributed by atoms with van der Waals surface area (Å²) in [6.07, 6.45) is 4.98. The Kier molecular flexibility index (Phi) is 3.37. The van der Waals surface area contributed by atoms with E-state index in [4.69, 9.17) is 0 Å². The van der Waals surface area contributed by atoms with E-state index in [1.165, 1.54) is 31.4 Å². The molecule has 0 aromatic heterocycles. The zero-order valence-corrected chi connectivity index (χ0v) is 12.2. The minimum absolute atomic E-state index is 0.104. The summed E-state index contributed by atoms with van der Waals surface area (Å²) in [6, 6.07) is 7.56. The van der Waals surface area contributed by atoms with Gasteiger partial charge in [-0.2, -0.15) is 5.10 Å². The second-order valence-corrected chi connectivity index (χ2v) is 6.28. The molecule has 1 N–H and O–H groups in total. The lowest BCUT2D eigenvalue weighted by Gasteiger charge is -2.04. The van der Waals surface area contributed by atoms with Gasteiger partial charge in [0.1, 0.15) is 0 Å². The topological polar surface area (TPSA) is 41.5 Å². The van der Waals surface area contributed by atoms with Crippen molar-refractivity contribution in [3.63, 3.8) is 0 Å². The number of hydrazone groups is 1. The van der Waals surface area contributed by atoms with Crippen LogP contribution >= 0.6 is 22.6 Å². The highest BCUT2D eigenvalue weighted by Gasteiger charge is 2.38. The molecule has 4 heteroatoms. The van der Waals surface area contributed by atoms with E-state index in [2.05, 4.69) is 33.1 Å². The third-order valence-corrected chi connectivity index (χ3v) is 4.04. The van der Waals surface area contributed by atoms with Crippen molar-refractivity contribution < 1.29 is 4.79 Å². The number of nitrogens with one attached hydrogen (secondary N) is 1. The molecule has 0 saturated heterocycles. The summed E-state index contributed by atoms with van der Waals surface area (Å²) < 4.78 is 1.06. The van der Waals surface area contributed by atoms with Gasteiger partial charge < -0.3 is 0 Å². The van der Waals surface area contributed by atoms with Crippen LogP contribution in [0.5, 0.6) is 0 Å². The molecule has 0 atom stereocenters. The van der Waals surface area contributed by atoms with Gasteiger partial charge in [0, 0.05) is 14.8 Å². The van der Waals surface area contributed by atoms with Gasteiger partial charge in [0.2, 0.25) is 0 Å². The Balaban J connectivity index is 1.68. The lowest BCUT2D eigenvalue weighted by atomic mass is 10.1. The van der Waals surface area contributed by atoms with Gasteiger partial charge in [0.05, 0.1) is 0 Å². The van der Waals surface area contributed by atoms with Crippen LogP contribution in [0.4, 0.5) is 0 Å². The summed E-state index contributed by atoms with van der Waals surface area (Å²) >= 11 is 2.21. The second kappa shape index (κ2) is 4.99. The molecule has 2 aliphatic carbocycles. The Morgan fingerprint density at radius 1 is 1.22 bits per heavy atom. The van der Waals surface area contributed by atoms with Crippen molar-refractivity contribution in [1.29, 1.82) is 0 Å². The van der Waals surface area contributed by atoms with E-state index in [1.807, 2.05) is 24.3 Å². The summed E-state index contributed by atoms with van der Waals surface area (Å²) in [5, 5.41) is 4.37.